The van der Waals surface area contributed by atoms with Gasteiger partial charge in [-0.15, -0.1) is 0 Å². The van der Waals surface area contributed by atoms with E-state index in [-0.39, 0.29) is 18.3 Å². The molecule has 0 bridgehead atoms. The van der Waals surface area contributed by atoms with Gasteiger partial charge in [0.2, 0.25) is 0 Å². The van der Waals surface area contributed by atoms with Crippen molar-refractivity contribution < 1.29 is 14.3 Å². The van der Waals surface area contributed by atoms with E-state index in [1.54, 1.807) is 0 Å². The summed E-state index contributed by atoms with van der Waals surface area (Å²) < 4.78 is 5.16. The number of carbonyl (C=O) groups is 2. The van der Waals surface area contributed by atoms with Gasteiger partial charge >= 0.3 is 6.09 Å². The number of ether oxygens (including phenoxy) is 1. The zero-order valence-electron chi connectivity index (χ0n) is 12.5. The van der Waals surface area contributed by atoms with Gasteiger partial charge < -0.3 is 10.1 Å². The van der Waals surface area contributed by atoms with E-state index in [0.717, 1.165) is 24.8 Å². The average molecular weight is 289 g/mol. The Morgan fingerprint density at radius 1 is 1.33 bits per heavy atom. The lowest BCUT2D eigenvalue weighted by molar-refractivity contribution is -0.126. The third kappa shape index (κ3) is 4.59. The Morgan fingerprint density at radius 2 is 2.10 bits per heavy atom. The molecule has 1 fully saturated rings. The summed E-state index contributed by atoms with van der Waals surface area (Å²) in [6.07, 6.45) is 3.23. The van der Waals surface area contributed by atoms with Crippen molar-refractivity contribution in [1.82, 2.24) is 5.32 Å². The molecule has 4 nitrogen and oxygen atoms in total. The lowest BCUT2D eigenvalue weighted by atomic mass is 9.77. The SMILES string of the molecule is CC[C@@H]1CCCC(=O)[C@@H]1CNC(=O)OCc1ccccc1. The first kappa shape index (κ1) is 15.5. The van der Waals surface area contributed by atoms with E-state index in [1.807, 2.05) is 30.3 Å². The van der Waals surface area contributed by atoms with E-state index in [4.69, 9.17) is 4.74 Å². The van der Waals surface area contributed by atoms with E-state index in [0.29, 0.717) is 18.9 Å². The summed E-state index contributed by atoms with van der Waals surface area (Å²) in [6.45, 7) is 2.75. The quantitative estimate of drug-likeness (QED) is 0.904. The van der Waals surface area contributed by atoms with Gasteiger partial charge in [-0.05, 0) is 24.3 Å². The molecule has 0 aromatic heterocycles. The van der Waals surface area contributed by atoms with Crippen molar-refractivity contribution in [3.05, 3.63) is 35.9 Å². The Labute approximate surface area is 125 Å². The summed E-state index contributed by atoms with van der Waals surface area (Å²) in [7, 11) is 0. The summed E-state index contributed by atoms with van der Waals surface area (Å²) in [4.78, 5) is 23.7. The van der Waals surface area contributed by atoms with Crippen LogP contribution in [0, 0.1) is 11.8 Å². The number of hydrogen-bond donors (Lipinski definition) is 1. The molecule has 0 radical (unpaired) electrons. The highest BCUT2D eigenvalue weighted by molar-refractivity contribution is 5.82. The Bertz CT molecular complexity index is 472. The largest absolute Gasteiger partial charge is 0.445 e. The van der Waals surface area contributed by atoms with Crippen molar-refractivity contribution >= 4 is 11.9 Å². The summed E-state index contributed by atoms with van der Waals surface area (Å²) in [6, 6.07) is 9.55. The lowest BCUT2D eigenvalue weighted by Crippen LogP contribution is -2.39. The van der Waals surface area contributed by atoms with Crippen LogP contribution in [0.1, 0.15) is 38.2 Å². The molecule has 0 heterocycles. The van der Waals surface area contributed by atoms with Crippen molar-refractivity contribution in [2.24, 2.45) is 11.8 Å². The predicted molar refractivity (Wildman–Crippen MR) is 80.8 cm³/mol. The van der Waals surface area contributed by atoms with Crippen molar-refractivity contribution in [3.63, 3.8) is 0 Å². The number of alkyl carbamates (subject to hydrolysis) is 1. The summed E-state index contributed by atoms with van der Waals surface area (Å²) >= 11 is 0. The third-order valence-corrected chi connectivity index (χ3v) is 4.18. The maximum atomic E-state index is 12.0. The lowest BCUT2D eigenvalue weighted by Gasteiger charge is -2.29. The second-order valence-corrected chi connectivity index (χ2v) is 5.58. The first-order valence-corrected chi connectivity index (χ1v) is 7.68. The van der Waals surface area contributed by atoms with E-state index in [1.165, 1.54) is 0 Å². The highest BCUT2D eigenvalue weighted by atomic mass is 16.5. The van der Waals surface area contributed by atoms with Crippen molar-refractivity contribution in [2.45, 2.75) is 39.2 Å². The fourth-order valence-corrected chi connectivity index (χ4v) is 2.92. The molecule has 1 aromatic rings. The molecule has 2 rings (SSSR count). The number of nitrogens with one attached hydrogen (secondary N) is 1. The number of ketones is 1. The molecule has 2 atom stereocenters. The van der Waals surface area contributed by atoms with Gasteiger partial charge in [0.05, 0.1) is 0 Å². The molecule has 0 aliphatic heterocycles. The minimum Gasteiger partial charge on any atom is -0.445 e. The number of amides is 1. The van der Waals surface area contributed by atoms with Gasteiger partial charge in [0.1, 0.15) is 12.4 Å². The van der Waals surface area contributed by atoms with Gasteiger partial charge in [0.25, 0.3) is 0 Å². The molecular weight excluding hydrogens is 266 g/mol. The molecule has 1 aliphatic rings. The molecule has 21 heavy (non-hydrogen) atoms. The predicted octanol–water partition coefficient (Wildman–Crippen LogP) is 3.31. The van der Waals surface area contributed by atoms with Gasteiger partial charge in [-0.2, -0.15) is 0 Å². The van der Waals surface area contributed by atoms with Gasteiger partial charge in [-0.1, -0.05) is 43.7 Å². The van der Waals surface area contributed by atoms with Crippen molar-refractivity contribution in [2.75, 3.05) is 6.54 Å². The van der Waals surface area contributed by atoms with Gasteiger partial charge in [-0.25, -0.2) is 4.79 Å². The number of Topliss-reactive ketones (excluding diaryl/α,β-unsaturated/α-hetero) is 1. The summed E-state index contributed by atoms with van der Waals surface area (Å²) in [5.74, 6) is 0.616. The van der Waals surface area contributed by atoms with E-state index < -0.39 is 6.09 Å². The van der Waals surface area contributed by atoms with Crippen LogP contribution in [0.3, 0.4) is 0 Å². The van der Waals surface area contributed by atoms with Gasteiger partial charge in [-0.3, -0.25) is 4.79 Å². The Kier molecular flexibility index (Phi) is 5.78. The summed E-state index contributed by atoms with van der Waals surface area (Å²) in [5, 5.41) is 2.74. The Balaban J connectivity index is 1.76. The molecule has 1 aromatic carbocycles. The zero-order valence-corrected chi connectivity index (χ0v) is 12.5. The van der Waals surface area contributed by atoms with E-state index in [2.05, 4.69) is 12.2 Å². The molecule has 0 saturated heterocycles. The Hall–Kier alpha value is -1.84. The zero-order chi connectivity index (χ0) is 15.1. The van der Waals surface area contributed by atoms with Crippen LogP contribution in [-0.4, -0.2) is 18.4 Å². The second-order valence-electron chi connectivity index (χ2n) is 5.58. The van der Waals surface area contributed by atoms with Crippen molar-refractivity contribution in [1.29, 1.82) is 0 Å². The van der Waals surface area contributed by atoms with Crippen LogP contribution in [0.2, 0.25) is 0 Å². The van der Waals surface area contributed by atoms with Crippen LogP contribution in [-0.2, 0) is 16.1 Å². The summed E-state index contributed by atoms with van der Waals surface area (Å²) in [5.41, 5.74) is 0.952. The molecule has 1 saturated carbocycles. The Morgan fingerprint density at radius 3 is 2.81 bits per heavy atom. The van der Waals surface area contributed by atoms with Crippen LogP contribution in [0.25, 0.3) is 0 Å². The topological polar surface area (TPSA) is 55.4 Å². The molecular formula is C17H23NO3. The number of rotatable bonds is 5. The molecule has 0 unspecified atom stereocenters. The normalized spacial score (nSPS) is 21.9. The molecule has 0 spiro atoms. The van der Waals surface area contributed by atoms with Crippen LogP contribution in [0.4, 0.5) is 4.79 Å². The molecule has 4 heteroatoms. The first-order chi connectivity index (χ1) is 10.2. The standard InChI is InChI=1S/C17H23NO3/c1-2-14-9-6-10-16(19)15(14)11-18-17(20)21-12-13-7-4-3-5-8-13/h3-5,7-8,14-15H,2,6,9-12H2,1H3,(H,18,20)/t14-,15-/m1/s1. The number of carbonyl (C=O) groups excluding carboxylic acids is 2. The smallest absolute Gasteiger partial charge is 0.407 e. The molecule has 1 N–H and O–H groups in total. The second kappa shape index (κ2) is 7.81. The molecule has 1 aliphatic carbocycles. The minimum absolute atomic E-state index is 0.0481. The molecule has 1 amide bonds. The fraction of sp³-hybridized carbons (Fsp3) is 0.529. The van der Waals surface area contributed by atoms with Crippen molar-refractivity contribution in [3.8, 4) is 0 Å². The highest BCUT2D eigenvalue weighted by Crippen LogP contribution is 2.29. The fourth-order valence-electron chi connectivity index (χ4n) is 2.92. The maximum absolute atomic E-state index is 12.0. The number of hydrogen-bond acceptors (Lipinski definition) is 3. The van der Waals surface area contributed by atoms with Crippen LogP contribution < -0.4 is 5.32 Å². The third-order valence-electron chi connectivity index (χ3n) is 4.18. The monoisotopic (exact) mass is 289 g/mol. The van der Waals surface area contributed by atoms with E-state index in [9.17, 15) is 9.59 Å². The molecule has 114 valence electrons. The minimum atomic E-state index is -0.452. The van der Waals surface area contributed by atoms with E-state index >= 15 is 0 Å². The van der Waals surface area contributed by atoms with Gasteiger partial charge in [0.15, 0.2) is 0 Å². The number of benzene rings is 1. The van der Waals surface area contributed by atoms with Crippen LogP contribution in [0.15, 0.2) is 30.3 Å². The first-order valence-electron chi connectivity index (χ1n) is 7.68. The van der Waals surface area contributed by atoms with Crippen LogP contribution in [0.5, 0.6) is 0 Å². The van der Waals surface area contributed by atoms with Gasteiger partial charge in [0, 0.05) is 18.9 Å². The average Bonchev–Trinajstić information content (AvgIpc) is 2.52. The highest BCUT2D eigenvalue weighted by Gasteiger charge is 2.30. The van der Waals surface area contributed by atoms with Crippen LogP contribution >= 0.6 is 0 Å². The maximum Gasteiger partial charge on any atom is 0.407 e.